The van der Waals surface area contributed by atoms with Gasteiger partial charge in [0.1, 0.15) is 0 Å². The Morgan fingerprint density at radius 2 is 2.18 bits per heavy atom. The van der Waals surface area contributed by atoms with E-state index in [1.54, 1.807) is 20.8 Å². The summed E-state index contributed by atoms with van der Waals surface area (Å²) in [5.41, 5.74) is -2.79. The van der Waals surface area contributed by atoms with Crippen molar-refractivity contribution in [1.29, 1.82) is 0 Å². The van der Waals surface area contributed by atoms with E-state index in [2.05, 4.69) is 0 Å². The van der Waals surface area contributed by atoms with Gasteiger partial charge in [-0.3, -0.25) is 9.59 Å². The predicted molar refractivity (Wildman–Crippen MR) is 60.6 cm³/mol. The standard InChI is InChI=1S/C12H20O5/c1-8(2)11(3,16)6-12(10(14)15)7-17-5-4-9(12)13/h8,16H,4-7H2,1-3H3,(H,14,15). The van der Waals surface area contributed by atoms with Crippen molar-refractivity contribution in [1.82, 2.24) is 0 Å². The van der Waals surface area contributed by atoms with Crippen molar-refractivity contribution in [3.8, 4) is 0 Å². The van der Waals surface area contributed by atoms with Crippen LogP contribution in [0.15, 0.2) is 0 Å². The van der Waals surface area contributed by atoms with Crippen LogP contribution in [0.5, 0.6) is 0 Å². The maximum absolute atomic E-state index is 11.9. The molecule has 0 aromatic heterocycles. The zero-order chi connectivity index (χ0) is 13.3. The third-order valence-electron chi connectivity index (χ3n) is 3.67. The molecule has 5 nitrogen and oxygen atoms in total. The predicted octanol–water partition coefficient (Wildman–Crippen LogP) is 0.844. The third kappa shape index (κ3) is 2.66. The van der Waals surface area contributed by atoms with Crippen LogP contribution < -0.4 is 0 Å². The summed E-state index contributed by atoms with van der Waals surface area (Å²) in [6.45, 7) is 5.26. The number of ketones is 1. The van der Waals surface area contributed by atoms with Crippen LogP contribution in [0.2, 0.25) is 0 Å². The topological polar surface area (TPSA) is 83.8 Å². The molecule has 1 aliphatic heterocycles. The molecule has 1 heterocycles. The molecule has 1 saturated heterocycles. The zero-order valence-electron chi connectivity index (χ0n) is 10.5. The number of Topliss-reactive ketones (excluding diaryl/α,β-unsaturated/α-hetero) is 1. The number of aliphatic carboxylic acids is 1. The lowest BCUT2D eigenvalue weighted by molar-refractivity contribution is -0.172. The summed E-state index contributed by atoms with van der Waals surface area (Å²) in [4.78, 5) is 23.3. The van der Waals surface area contributed by atoms with Gasteiger partial charge in [-0.2, -0.15) is 0 Å². The maximum Gasteiger partial charge on any atom is 0.319 e. The average Bonchev–Trinajstić information content (AvgIpc) is 2.20. The molecule has 2 atom stereocenters. The minimum Gasteiger partial charge on any atom is -0.480 e. The van der Waals surface area contributed by atoms with E-state index in [1.807, 2.05) is 0 Å². The molecule has 0 bridgehead atoms. The molecule has 1 aliphatic rings. The van der Waals surface area contributed by atoms with Crippen LogP contribution in [0.1, 0.15) is 33.6 Å². The molecule has 0 aliphatic carbocycles. The van der Waals surface area contributed by atoms with Gasteiger partial charge >= 0.3 is 5.97 Å². The number of carboxylic acids is 1. The summed E-state index contributed by atoms with van der Waals surface area (Å²) in [7, 11) is 0. The molecule has 0 amide bonds. The average molecular weight is 244 g/mol. The van der Waals surface area contributed by atoms with Gasteiger partial charge < -0.3 is 14.9 Å². The number of carbonyl (C=O) groups is 2. The number of aliphatic hydroxyl groups is 1. The van der Waals surface area contributed by atoms with E-state index in [4.69, 9.17) is 4.74 Å². The first-order valence-electron chi connectivity index (χ1n) is 5.79. The molecule has 0 aromatic rings. The SMILES string of the molecule is CC(C)C(C)(O)CC1(C(=O)O)COCCC1=O. The van der Waals surface area contributed by atoms with Crippen molar-refractivity contribution in [3.05, 3.63) is 0 Å². The van der Waals surface area contributed by atoms with Crippen molar-refractivity contribution in [2.75, 3.05) is 13.2 Å². The van der Waals surface area contributed by atoms with Gasteiger partial charge in [-0.15, -0.1) is 0 Å². The van der Waals surface area contributed by atoms with Gasteiger partial charge in [0.25, 0.3) is 0 Å². The van der Waals surface area contributed by atoms with Crippen LogP contribution in [0.25, 0.3) is 0 Å². The van der Waals surface area contributed by atoms with E-state index >= 15 is 0 Å². The van der Waals surface area contributed by atoms with Crippen LogP contribution in [0.4, 0.5) is 0 Å². The van der Waals surface area contributed by atoms with Gasteiger partial charge in [-0.25, -0.2) is 0 Å². The molecule has 0 radical (unpaired) electrons. The largest absolute Gasteiger partial charge is 0.480 e. The van der Waals surface area contributed by atoms with Gasteiger partial charge in [0.05, 0.1) is 18.8 Å². The third-order valence-corrected chi connectivity index (χ3v) is 3.67. The first-order chi connectivity index (χ1) is 7.72. The first-order valence-corrected chi connectivity index (χ1v) is 5.79. The van der Waals surface area contributed by atoms with Crippen molar-refractivity contribution < 1.29 is 24.5 Å². The van der Waals surface area contributed by atoms with Crippen LogP contribution in [0, 0.1) is 11.3 Å². The molecule has 2 N–H and O–H groups in total. The second kappa shape index (κ2) is 4.74. The molecular weight excluding hydrogens is 224 g/mol. The van der Waals surface area contributed by atoms with Crippen molar-refractivity contribution in [3.63, 3.8) is 0 Å². The quantitative estimate of drug-likeness (QED) is 0.716. The summed E-state index contributed by atoms with van der Waals surface area (Å²) in [5, 5.41) is 19.5. The van der Waals surface area contributed by atoms with E-state index in [9.17, 15) is 19.8 Å². The van der Waals surface area contributed by atoms with Crippen molar-refractivity contribution in [2.45, 2.75) is 39.2 Å². The summed E-state index contributed by atoms with van der Waals surface area (Å²) in [5.74, 6) is -1.69. The van der Waals surface area contributed by atoms with Gasteiger partial charge in [0.2, 0.25) is 0 Å². The summed E-state index contributed by atoms with van der Waals surface area (Å²) in [6, 6.07) is 0. The Kier molecular flexibility index (Phi) is 3.94. The Morgan fingerprint density at radius 3 is 2.59 bits per heavy atom. The fourth-order valence-corrected chi connectivity index (χ4v) is 1.95. The van der Waals surface area contributed by atoms with E-state index in [0.717, 1.165) is 0 Å². The van der Waals surface area contributed by atoms with E-state index in [0.29, 0.717) is 0 Å². The van der Waals surface area contributed by atoms with E-state index < -0.39 is 17.0 Å². The maximum atomic E-state index is 11.9. The Hall–Kier alpha value is -0.940. The lowest BCUT2D eigenvalue weighted by atomic mass is 9.70. The fraction of sp³-hybridized carbons (Fsp3) is 0.833. The number of ether oxygens (including phenoxy) is 1. The minimum absolute atomic E-state index is 0.0977. The fourth-order valence-electron chi connectivity index (χ4n) is 1.95. The smallest absolute Gasteiger partial charge is 0.319 e. The molecule has 1 fully saturated rings. The van der Waals surface area contributed by atoms with Crippen molar-refractivity contribution in [2.24, 2.45) is 11.3 Å². The monoisotopic (exact) mass is 244 g/mol. The highest BCUT2D eigenvalue weighted by molar-refractivity contribution is 6.03. The number of hydrogen-bond acceptors (Lipinski definition) is 4. The molecular formula is C12H20O5. The molecule has 0 spiro atoms. The number of carbonyl (C=O) groups excluding carboxylic acids is 1. The second-order valence-electron chi connectivity index (χ2n) is 5.30. The molecule has 2 unspecified atom stereocenters. The van der Waals surface area contributed by atoms with Crippen LogP contribution in [-0.2, 0) is 14.3 Å². The Labute approximate surface area is 101 Å². The summed E-state index contributed by atoms with van der Waals surface area (Å²) in [6.07, 6.45) is -0.00763. The highest BCUT2D eigenvalue weighted by Gasteiger charge is 2.52. The van der Waals surface area contributed by atoms with E-state index in [-0.39, 0.29) is 37.8 Å². The first kappa shape index (κ1) is 14.1. The second-order valence-corrected chi connectivity index (χ2v) is 5.30. The number of carboxylic acid groups (broad SMARTS) is 1. The highest BCUT2D eigenvalue weighted by atomic mass is 16.5. The van der Waals surface area contributed by atoms with Gasteiger partial charge in [-0.05, 0) is 12.8 Å². The van der Waals surface area contributed by atoms with E-state index in [1.165, 1.54) is 0 Å². The molecule has 0 aromatic carbocycles. The molecule has 0 saturated carbocycles. The Balaban J connectivity index is 3.01. The molecule has 1 rings (SSSR count). The summed E-state index contributed by atoms with van der Waals surface area (Å²) < 4.78 is 5.13. The van der Waals surface area contributed by atoms with Gasteiger partial charge in [0, 0.05) is 12.8 Å². The van der Waals surface area contributed by atoms with Gasteiger partial charge in [0.15, 0.2) is 11.2 Å². The lowest BCUT2D eigenvalue weighted by Crippen LogP contribution is -2.52. The normalized spacial score (nSPS) is 29.1. The number of rotatable bonds is 4. The highest BCUT2D eigenvalue weighted by Crippen LogP contribution is 2.37. The van der Waals surface area contributed by atoms with Crippen LogP contribution in [0.3, 0.4) is 0 Å². The summed E-state index contributed by atoms with van der Waals surface area (Å²) >= 11 is 0. The van der Waals surface area contributed by atoms with Gasteiger partial charge in [-0.1, -0.05) is 13.8 Å². The zero-order valence-corrected chi connectivity index (χ0v) is 10.5. The molecule has 98 valence electrons. The van der Waals surface area contributed by atoms with Crippen molar-refractivity contribution >= 4 is 11.8 Å². The molecule has 5 heteroatoms. The number of hydrogen-bond donors (Lipinski definition) is 2. The Bertz CT molecular complexity index is 321. The van der Waals surface area contributed by atoms with Crippen LogP contribution in [-0.4, -0.2) is 40.8 Å². The molecule has 17 heavy (non-hydrogen) atoms. The minimum atomic E-state index is -1.59. The Morgan fingerprint density at radius 1 is 1.59 bits per heavy atom. The lowest BCUT2D eigenvalue weighted by Gasteiger charge is -2.39. The van der Waals surface area contributed by atoms with Crippen LogP contribution >= 0.6 is 0 Å².